The van der Waals surface area contributed by atoms with Gasteiger partial charge >= 0.3 is 0 Å². The van der Waals surface area contributed by atoms with E-state index in [9.17, 15) is 4.79 Å². The fraction of sp³-hybridized carbons (Fsp3) is 0.316. The van der Waals surface area contributed by atoms with Crippen molar-refractivity contribution in [3.8, 4) is 5.75 Å². The Morgan fingerprint density at radius 2 is 2.00 bits per heavy atom. The molecule has 0 spiro atoms. The van der Waals surface area contributed by atoms with Crippen LogP contribution in [0.1, 0.15) is 24.5 Å². The van der Waals surface area contributed by atoms with Crippen molar-refractivity contribution < 1.29 is 9.53 Å². The van der Waals surface area contributed by atoms with E-state index in [0.717, 1.165) is 29.0 Å². The fourth-order valence-electron chi connectivity index (χ4n) is 2.28. The molecule has 2 aromatic rings. The average Bonchev–Trinajstić information content (AvgIpc) is 2.53. The van der Waals surface area contributed by atoms with Crippen molar-refractivity contribution in [1.82, 2.24) is 5.32 Å². The highest BCUT2D eigenvalue weighted by molar-refractivity contribution is 6.31. The van der Waals surface area contributed by atoms with Gasteiger partial charge in [-0.3, -0.25) is 4.79 Å². The molecule has 1 unspecified atom stereocenters. The summed E-state index contributed by atoms with van der Waals surface area (Å²) < 4.78 is 5.66. The number of amides is 1. The van der Waals surface area contributed by atoms with Crippen LogP contribution in [0.25, 0.3) is 0 Å². The van der Waals surface area contributed by atoms with Gasteiger partial charge in [0, 0.05) is 11.6 Å². The summed E-state index contributed by atoms with van der Waals surface area (Å²) >= 11 is 6.11. The van der Waals surface area contributed by atoms with Gasteiger partial charge in [0.25, 0.3) is 5.91 Å². The van der Waals surface area contributed by atoms with E-state index in [1.165, 1.54) is 0 Å². The summed E-state index contributed by atoms with van der Waals surface area (Å²) in [7, 11) is 0. The molecule has 3 nitrogen and oxygen atoms in total. The molecule has 122 valence electrons. The minimum Gasteiger partial charge on any atom is -0.481 e. The second-order valence-electron chi connectivity index (χ2n) is 5.56. The van der Waals surface area contributed by atoms with Crippen LogP contribution in [-0.2, 0) is 11.2 Å². The van der Waals surface area contributed by atoms with Gasteiger partial charge in [0.1, 0.15) is 5.75 Å². The third-order valence-corrected chi connectivity index (χ3v) is 3.92. The number of ether oxygens (including phenoxy) is 1. The highest BCUT2D eigenvalue weighted by atomic mass is 35.5. The molecule has 2 aromatic carbocycles. The molecule has 0 aliphatic carbocycles. The molecule has 0 saturated heterocycles. The number of nitrogens with one attached hydrogen (secondary N) is 1. The molecule has 23 heavy (non-hydrogen) atoms. The zero-order valence-corrected chi connectivity index (χ0v) is 14.3. The van der Waals surface area contributed by atoms with Crippen molar-refractivity contribution in [3.05, 3.63) is 64.7 Å². The maximum atomic E-state index is 12.0. The summed E-state index contributed by atoms with van der Waals surface area (Å²) in [4.78, 5) is 12.0. The standard InChI is InChI=1S/C19H22ClNO2/c1-14-7-5-10-17(13-14)23-15(2)19(22)21-12-6-9-16-8-3-4-11-18(16)20/h3-5,7-8,10-11,13,15H,6,9,12H2,1-2H3,(H,21,22). The number of carbonyl (C=O) groups excluding carboxylic acids is 1. The van der Waals surface area contributed by atoms with Gasteiger partial charge < -0.3 is 10.1 Å². The molecule has 0 heterocycles. The highest BCUT2D eigenvalue weighted by Gasteiger charge is 2.14. The number of benzene rings is 2. The Balaban J connectivity index is 1.73. The predicted octanol–water partition coefficient (Wildman–Crippen LogP) is 4.16. The minimum atomic E-state index is -0.517. The topological polar surface area (TPSA) is 38.3 Å². The van der Waals surface area contributed by atoms with E-state index in [2.05, 4.69) is 5.32 Å². The lowest BCUT2D eigenvalue weighted by atomic mass is 10.1. The van der Waals surface area contributed by atoms with Crippen molar-refractivity contribution in [3.63, 3.8) is 0 Å². The first-order valence-electron chi connectivity index (χ1n) is 7.80. The summed E-state index contributed by atoms with van der Waals surface area (Å²) in [6.07, 6.45) is 1.16. The number of rotatable bonds is 7. The van der Waals surface area contributed by atoms with Crippen LogP contribution in [0.15, 0.2) is 48.5 Å². The molecular weight excluding hydrogens is 310 g/mol. The average molecular weight is 332 g/mol. The van der Waals surface area contributed by atoms with Gasteiger partial charge in [0.2, 0.25) is 0 Å². The molecule has 4 heteroatoms. The smallest absolute Gasteiger partial charge is 0.260 e. The van der Waals surface area contributed by atoms with Crippen LogP contribution < -0.4 is 10.1 Å². The highest BCUT2D eigenvalue weighted by Crippen LogP contribution is 2.16. The van der Waals surface area contributed by atoms with Gasteiger partial charge in [-0.15, -0.1) is 0 Å². The van der Waals surface area contributed by atoms with Gasteiger partial charge in [0.15, 0.2) is 6.10 Å². The number of hydrogen-bond donors (Lipinski definition) is 1. The van der Waals surface area contributed by atoms with Crippen molar-refractivity contribution >= 4 is 17.5 Å². The van der Waals surface area contributed by atoms with Crippen molar-refractivity contribution in [2.45, 2.75) is 32.8 Å². The number of carbonyl (C=O) groups is 1. The third kappa shape index (κ3) is 5.61. The Labute approximate surface area is 142 Å². The Morgan fingerprint density at radius 3 is 2.74 bits per heavy atom. The monoisotopic (exact) mass is 331 g/mol. The number of hydrogen-bond acceptors (Lipinski definition) is 2. The lowest BCUT2D eigenvalue weighted by molar-refractivity contribution is -0.127. The lowest BCUT2D eigenvalue weighted by Gasteiger charge is -2.15. The first-order chi connectivity index (χ1) is 11.1. The normalized spacial score (nSPS) is 11.8. The van der Waals surface area contributed by atoms with Crippen molar-refractivity contribution in [2.75, 3.05) is 6.54 Å². The van der Waals surface area contributed by atoms with Crippen LogP contribution in [0.2, 0.25) is 5.02 Å². The van der Waals surface area contributed by atoms with Crippen LogP contribution in [0.5, 0.6) is 5.75 Å². The Kier molecular flexibility index (Phi) is 6.48. The second kappa shape index (κ2) is 8.59. The third-order valence-electron chi connectivity index (χ3n) is 3.55. The summed E-state index contributed by atoms with van der Waals surface area (Å²) in [5.41, 5.74) is 2.21. The van der Waals surface area contributed by atoms with Gasteiger partial charge in [-0.2, -0.15) is 0 Å². The first-order valence-corrected chi connectivity index (χ1v) is 8.18. The van der Waals surface area contributed by atoms with Crippen LogP contribution >= 0.6 is 11.6 Å². The van der Waals surface area contributed by atoms with Gasteiger partial charge in [0.05, 0.1) is 0 Å². The van der Waals surface area contributed by atoms with E-state index >= 15 is 0 Å². The van der Waals surface area contributed by atoms with Crippen molar-refractivity contribution in [2.24, 2.45) is 0 Å². The van der Waals surface area contributed by atoms with E-state index in [-0.39, 0.29) is 5.91 Å². The maximum Gasteiger partial charge on any atom is 0.260 e. The minimum absolute atomic E-state index is 0.106. The summed E-state index contributed by atoms with van der Waals surface area (Å²) in [5.74, 6) is 0.606. The molecular formula is C19H22ClNO2. The fourth-order valence-corrected chi connectivity index (χ4v) is 2.51. The summed E-state index contributed by atoms with van der Waals surface area (Å²) in [5, 5.41) is 3.67. The van der Waals surface area contributed by atoms with E-state index in [1.807, 2.05) is 55.5 Å². The van der Waals surface area contributed by atoms with Crippen LogP contribution in [0.4, 0.5) is 0 Å². The predicted molar refractivity (Wildman–Crippen MR) is 94.1 cm³/mol. The van der Waals surface area contributed by atoms with Crippen LogP contribution in [0, 0.1) is 6.92 Å². The van der Waals surface area contributed by atoms with Crippen LogP contribution in [-0.4, -0.2) is 18.6 Å². The molecule has 0 saturated carbocycles. The van der Waals surface area contributed by atoms with E-state index in [0.29, 0.717) is 12.3 Å². The SMILES string of the molecule is Cc1cccc(OC(C)C(=O)NCCCc2ccccc2Cl)c1. The van der Waals surface area contributed by atoms with Gasteiger partial charge in [-0.25, -0.2) is 0 Å². The second-order valence-corrected chi connectivity index (χ2v) is 5.97. The Bertz CT molecular complexity index is 657. The quantitative estimate of drug-likeness (QED) is 0.773. The molecule has 0 bridgehead atoms. The largest absolute Gasteiger partial charge is 0.481 e. The molecule has 0 aliphatic heterocycles. The molecule has 0 aromatic heterocycles. The molecule has 0 fully saturated rings. The first kappa shape index (κ1) is 17.4. The molecule has 1 atom stereocenters. The van der Waals surface area contributed by atoms with Crippen LogP contribution in [0.3, 0.4) is 0 Å². The molecule has 1 amide bonds. The Hall–Kier alpha value is -2.00. The molecule has 2 rings (SSSR count). The van der Waals surface area contributed by atoms with Gasteiger partial charge in [-0.05, 0) is 56.0 Å². The number of aryl methyl sites for hydroxylation is 2. The molecule has 0 aliphatic rings. The van der Waals surface area contributed by atoms with Gasteiger partial charge in [-0.1, -0.05) is 41.9 Å². The maximum absolute atomic E-state index is 12.0. The van der Waals surface area contributed by atoms with E-state index in [1.54, 1.807) is 6.92 Å². The zero-order chi connectivity index (χ0) is 16.7. The summed E-state index contributed by atoms with van der Waals surface area (Å²) in [6.45, 7) is 4.35. The Morgan fingerprint density at radius 1 is 1.22 bits per heavy atom. The molecule has 1 N–H and O–H groups in total. The zero-order valence-electron chi connectivity index (χ0n) is 13.5. The molecule has 0 radical (unpaired) electrons. The van der Waals surface area contributed by atoms with E-state index in [4.69, 9.17) is 16.3 Å². The summed E-state index contributed by atoms with van der Waals surface area (Å²) in [6, 6.07) is 15.5. The van der Waals surface area contributed by atoms with E-state index < -0.39 is 6.10 Å². The number of halogens is 1. The van der Waals surface area contributed by atoms with Crippen molar-refractivity contribution in [1.29, 1.82) is 0 Å². The lowest BCUT2D eigenvalue weighted by Crippen LogP contribution is -2.36.